The molecule has 2 unspecified atom stereocenters. The van der Waals surface area contributed by atoms with Crippen molar-refractivity contribution in [3.8, 4) is 5.75 Å². The molecule has 1 aromatic carbocycles. The molecule has 0 aliphatic heterocycles. The Balaban J connectivity index is 2.06. The van der Waals surface area contributed by atoms with Crippen LogP contribution in [-0.4, -0.2) is 63.5 Å². The summed E-state index contributed by atoms with van der Waals surface area (Å²) in [6.07, 6.45) is 18.9. The number of unbranched alkanes of at least 4 members (excludes halogenated alkanes) is 12. The lowest BCUT2D eigenvalue weighted by Gasteiger charge is -2.18. The van der Waals surface area contributed by atoms with Crippen LogP contribution >= 0.6 is 8.60 Å². The van der Waals surface area contributed by atoms with Crippen LogP contribution in [0.25, 0.3) is 0 Å². The largest absolute Gasteiger partial charge is 0.491 e. The summed E-state index contributed by atoms with van der Waals surface area (Å²) in [5.74, 6) is 0.819. The second kappa shape index (κ2) is 23.4. The van der Waals surface area contributed by atoms with Crippen molar-refractivity contribution >= 4 is 8.60 Å². The highest BCUT2D eigenvalue weighted by atomic mass is 31.2. The maximum atomic E-state index is 9.82. The van der Waals surface area contributed by atoms with Gasteiger partial charge in [0.15, 0.2) is 0 Å². The molecular weight excluding hydrogens is 473 g/mol. The van der Waals surface area contributed by atoms with Gasteiger partial charge in [-0.1, -0.05) is 96.1 Å². The van der Waals surface area contributed by atoms with E-state index in [9.17, 15) is 4.89 Å². The van der Waals surface area contributed by atoms with E-state index >= 15 is 0 Å². The van der Waals surface area contributed by atoms with Crippen LogP contribution in [0, 0.1) is 0 Å². The zero-order valence-corrected chi connectivity index (χ0v) is 24.5. The van der Waals surface area contributed by atoms with E-state index in [1.165, 1.54) is 89.0 Å². The molecule has 0 heterocycles. The minimum Gasteiger partial charge on any atom is -0.491 e. The van der Waals surface area contributed by atoms with Crippen LogP contribution in [0.3, 0.4) is 0 Å². The molecule has 0 aliphatic carbocycles. The summed E-state index contributed by atoms with van der Waals surface area (Å²) in [6.45, 7) is 4.01. The van der Waals surface area contributed by atoms with Gasteiger partial charge in [0.1, 0.15) is 18.5 Å². The highest BCUT2D eigenvalue weighted by molar-refractivity contribution is 7.40. The van der Waals surface area contributed by atoms with Crippen molar-refractivity contribution in [1.29, 1.82) is 0 Å². The molecule has 2 atom stereocenters. The Kier molecular flexibility index (Phi) is 21.6. The zero-order chi connectivity index (χ0) is 26.3. The Hall–Kier alpha value is -0.750. The fraction of sp³-hybridized carbons (Fsp3) is 0.793. The van der Waals surface area contributed by atoms with Crippen molar-refractivity contribution in [2.24, 2.45) is 0 Å². The van der Waals surface area contributed by atoms with Gasteiger partial charge >= 0.3 is 8.60 Å². The molecule has 0 fully saturated rings. The number of rotatable bonds is 25. The number of hydrogen-bond donors (Lipinski definition) is 1. The molecule has 210 valence electrons. The molecule has 0 radical (unpaired) electrons. The van der Waals surface area contributed by atoms with Crippen molar-refractivity contribution in [2.45, 2.75) is 103 Å². The summed E-state index contributed by atoms with van der Waals surface area (Å²) in [5, 5.41) is 0. The summed E-state index contributed by atoms with van der Waals surface area (Å²) < 4.78 is 21.9. The molecule has 0 aromatic heterocycles. The fourth-order valence-corrected chi connectivity index (χ4v) is 4.56. The standard InChI is InChI=1S/C29H54NO5P/c1-5-6-7-8-9-10-11-12-13-14-15-16-17-18-27-19-21-28(22-20-27)33-25-29(32-4)26-35-36(31)34-24-23-30(2)3/h19-22,29,31H,5-18,23-26H2,1-4H3. The predicted octanol–water partition coefficient (Wildman–Crippen LogP) is 7.53. The number of aryl methyl sites for hydroxylation is 1. The molecule has 36 heavy (non-hydrogen) atoms. The Morgan fingerprint density at radius 2 is 1.33 bits per heavy atom. The summed E-state index contributed by atoms with van der Waals surface area (Å²) in [6, 6.07) is 8.35. The molecule has 7 heteroatoms. The van der Waals surface area contributed by atoms with Gasteiger partial charge in [0.25, 0.3) is 0 Å². The summed E-state index contributed by atoms with van der Waals surface area (Å²) in [4.78, 5) is 11.8. The van der Waals surface area contributed by atoms with Gasteiger partial charge in [0.2, 0.25) is 0 Å². The maximum Gasteiger partial charge on any atom is 0.329 e. The van der Waals surface area contributed by atoms with Gasteiger partial charge in [0, 0.05) is 13.7 Å². The zero-order valence-electron chi connectivity index (χ0n) is 23.6. The lowest BCUT2D eigenvalue weighted by Crippen LogP contribution is -2.25. The number of methoxy groups -OCH3 is 1. The maximum absolute atomic E-state index is 9.82. The topological polar surface area (TPSA) is 60.4 Å². The highest BCUT2D eigenvalue weighted by Gasteiger charge is 2.14. The molecule has 0 spiro atoms. The van der Waals surface area contributed by atoms with E-state index in [1.54, 1.807) is 7.11 Å². The minimum absolute atomic E-state index is 0.220. The summed E-state index contributed by atoms with van der Waals surface area (Å²) >= 11 is 0. The van der Waals surface area contributed by atoms with E-state index in [0.717, 1.165) is 18.7 Å². The molecule has 0 saturated heterocycles. The molecule has 0 bridgehead atoms. The van der Waals surface area contributed by atoms with Crippen LogP contribution in [0.15, 0.2) is 24.3 Å². The third-order valence-corrected chi connectivity index (χ3v) is 7.15. The number of hydrogen-bond acceptors (Lipinski definition) is 6. The van der Waals surface area contributed by atoms with Crippen LogP contribution in [0.2, 0.25) is 0 Å². The summed E-state index contributed by atoms with van der Waals surface area (Å²) in [7, 11) is 3.62. The number of nitrogens with zero attached hydrogens (tertiary/aromatic N) is 1. The molecular formula is C29H54NO5P. The highest BCUT2D eigenvalue weighted by Crippen LogP contribution is 2.32. The van der Waals surface area contributed by atoms with Gasteiger partial charge in [0.05, 0.1) is 13.2 Å². The van der Waals surface area contributed by atoms with Crippen LogP contribution < -0.4 is 4.74 Å². The Morgan fingerprint density at radius 3 is 1.86 bits per heavy atom. The van der Waals surface area contributed by atoms with E-state index in [-0.39, 0.29) is 12.7 Å². The summed E-state index contributed by atoms with van der Waals surface area (Å²) in [5.41, 5.74) is 1.36. The lowest BCUT2D eigenvalue weighted by molar-refractivity contribution is 0.0180. The molecule has 0 amide bonds. The average Bonchev–Trinajstić information content (AvgIpc) is 2.87. The average molecular weight is 528 g/mol. The van der Waals surface area contributed by atoms with Gasteiger partial charge in [-0.2, -0.15) is 0 Å². The van der Waals surface area contributed by atoms with Gasteiger partial charge in [-0.25, -0.2) is 0 Å². The van der Waals surface area contributed by atoms with Crippen molar-refractivity contribution in [3.63, 3.8) is 0 Å². The second-order valence-corrected chi connectivity index (χ2v) is 11.0. The predicted molar refractivity (Wildman–Crippen MR) is 152 cm³/mol. The first kappa shape index (κ1) is 33.3. The number of ether oxygens (including phenoxy) is 2. The van der Waals surface area contributed by atoms with E-state index in [4.69, 9.17) is 18.5 Å². The first-order chi connectivity index (χ1) is 17.5. The Bertz CT molecular complexity index is 602. The SMILES string of the molecule is CCCCCCCCCCCCCCCc1ccc(OCC(COP(O)OCCN(C)C)OC)cc1. The Labute approximate surface area is 223 Å². The molecule has 0 aliphatic rings. The number of likely N-dealkylation sites (N-methyl/N-ethyl adjacent to an activating group) is 1. The fourth-order valence-electron chi connectivity index (χ4n) is 3.96. The van der Waals surface area contributed by atoms with Gasteiger partial charge < -0.3 is 28.3 Å². The molecule has 1 rings (SSSR count). The Morgan fingerprint density at radius 1 is 0.778 bits per heavy atom. The van der Waals surface area contributed by atoms with Gasteiger partial charge in [-0.15, -0.1) is 0 Å². The van der Waals surface area contributed by atoms with Crippen LogP contribution in [0.5, 0.6) is 5.75 Å². The third-order valence-electron chi connectivity index (χ3n) is 6.37. The monoisotopic (exact) mass is 527 g/mol. The van der Waals surface area contributed by atoms with Gasteiger partial charge in [-0.3, -0.25) is 0 Å². The molecule has 6 nitrogen and oxygen atoms in total. The van der Waals surface area contributed by atoms with E-state index in [2.05, 4.69) is 19.1 Å². The van der Waals surface area contributed by atoms with Crippen molar-refractivity contribution in [2.75, 3.05) is 47.6 Å². The van der Waals surface area contributed by atoms with Crippen LogP contribution in [0.4, 0.5) is 0 Å². The first-order valence-electron chi connectivity index (χ1n) is 14.2. The van der Waals surface area contributed by atoms with E-state index in [0.29, 0.717) is 13.2 Å². The molecule has 1 N–H and O–H groups in total. The molecule has 0 saturated carbocycles. The van der Waals surface area contributed by atoms with E-state index < -0.39 is 8.60 Å². The number of benzene rings is 1. The van der Waals surface area contributed by atoms with Crippen molar-refractivity contribution in [3.05, 3.63) is 29.8 Å². The molecule has 1 aromatic rings. The van der Waals surface area contributed by atoms with Crippen LogP contribution in [0.1, 0.15) is 96.0 Å². The van der Waals surface area contributed by atoms with Crippen molar-refractivity contribution < 1.29 is 23.4 Å². The first-order valence-corrected chi connectivity index (χ1v) is 15.3. The minimum atomic E-state index is -1.90. The third kappa shape index (κ3) is 19.4. The lowest BCUT2D eigenvalue weighted by atomic mass is 10.0. The van der Waals surface area contributed by atoms with Gasteiger partial charge in [-0.05, 0) is 44.6 Å². The van der Waals surface area contributed by atoms with Crippen LogP contribution in [-0.2, 0) is 20.2 Å². The quantitative estimate of drug-likeness (QED) is 0.105. The van der Waals surface area contributed by atoms with Crippen molar-refractivity contribution in [1.82, 2.24) is 4.90 Å². The van der Waals surface area contributed by atoms with E-state index in [1.807, 2.05) is 31.1 Å². The second-order valence-electron chi connectivity index (χ2n) is 9.98. The normalized spacial score (nSPS) is 13.3. The smallest absolute Gasteiger partial charge is 0.329 e.